The van der Waals surface area contributed by atoms with Crippen molar-refractivity contribution in [2.75, 3.05) is 54.0 Å². The number of likely N-dealkylation sites (N-methyl/N-ethyl adjacent to an activating group) is 1. The summed E-state index contributed by atoms with van der Waals surface area (Å²) in [6.45, 7) is 2.15. The summed E-state index contributed by atoms with van der Waals surface area (Å²) in [6.07, 6.45) is 12.5. The lowest BCUT2D eigenvalue weighted by Gasteiger charge is -2.21. The van der Waals surface area contributed by atoms with E-state index in [0.717, 1.165) is 67.0 Å². The van der Waals surface area contributed by atoms with E-state index in [4.69, 9.17) is 9.47 Å². The Kier molecular flexibility index (Phi) is 14.6. The third kappa shape index (κ3) is 10.8. The predicted molar refractivity (Wildman–Crippen MR) is 192 cm³/mol. The average molecular weight is 693 g/mol. The summed E-state index contributed by atoms with van der Waals surface area (Å²) >= 11 is 0. The minimum atomic E-state index is -0.457. The van der Waals surface area contributed by atoms with E-state index in [1.807, 2.05) is 30.1 Å². The highest BCUT2D eigenvalue weighted by Gasteiger charge is 2.24. The quantitative estimate of drug-likeness (QED) is 0.161. The van der Waals surface area contributed by atoms with Crippen molar-refractivity contribution in [2.45, 2.75) is 70.4 Å². The average Bonchev–Trinajstić information content (AvgIpc) is 3.55. The number of nitrogens with one attached hydrogen (secondary N) is 2. The number of aliphatic hydroxyl groups is 1. The van der Waals surface area contributed by atoms with E-state index in [0.29, 0.717) is 55.9 Å². The van der Waals surface area contributed by atoms with Crippen molar-refractivity contribution in [3.63, 3.8) is 0 Å². The van der Waals surface area contributed by atoms with Crippen LogP contribution in [0.25, 0.3) is 21.9 Å². The van der Waals surface area contributed by atoms with Crippen LogP contribution in [0.4, 0.5) is 0 Å². The third-order valence-electron chi connectivity index (χ3n) is 9.10. The molecule has 50 heavy (non-hydrogen) atoms. The van der Waals surface area contributed by atoms with Gasteiger partial charge in [0.05, 0.1) is 44.4 Å². The van der Waals surface area contributed by atoms with E-state index in [2.05, 4.69) is 15.6 Å². The zero-order valence-electron chi connectivity index (χ0n) is 29.8. The summed E-state index contributed by atoms with van der Waals surface area (Å²) in [5.74, 6) is 0.940. The molecular weight excluding hydrogens is 640 g/mol. The largest absolute Gasteiger partial charge is 0.496 e. The Morgan fingerprint density at radius 1 is 0.980 bits per heavy atom. The van der Waals surface area contributed by atoms with Gasteiger partial charge >= 0.3 is 0 Å². The number of fused-ring (bicyclic) bond motifs is 1. The molecule has 0 spiro atoms. The van der Waals surface area contributed by atoms with E-state index >= 15 is 0 Å². The third-order valence-corrected chi connectivity index (χ3v) is 9.10. The number of unbranched alkanes of at least 4 members (excludes halogenated alkanes) is 6. The normalized spacial score (nSPS) is 14.3. The number of nitrogens with zero attached hydrogens (tertiary/aromatic N) is 4. The monoisotopic (exact) mass is 692 g/mol. The standard InChI is InChI=1S/C37H52N6O7/c1-41(23-31-32(49-3)18-26(19-33(31)50-4)30-24-42(2)37(48)29-20-38-16-13-28(29)30)25-35(46)39-15-11-9-7-5-6-8-10-12-34(45)40-21-36(47)43-17-14-27(44)22-43/h13,16,18-20,24,27,44H,5-12,14-15,17,21-23,25H2,1-4H3,(H,39,46)(H,40,45)/t27-/m0/s1. The van der Waals surface area contributed by atoms with Crippen LogP contribution in [0.15, 0.2) is 41.6 Å². The molecule has 0 saturated carbocycles. The van der Waals surface area contributed by atoms with Gasteiger partial charge in [0.25, 0.3) is 5.56 Å². The van der Waals surface area contributed by atoms with Gasteiger partial charge in [0, 0.05) is 63.8 Å². The Labute approximate surface area is 293 Å². The number of hydrogen-bond acceptors (Lipinski definition) is 9. The predicted octanol–water partition coefficient (Wildman–Crippen LogP) is 3.00. The van der Waals surface area contributed by atoms with Crippen LogP contribution < -0.4 is 25.7 Å². The lowest BCUT2D eigenvalue weighted by Crippen LogP contribution is -2.39. The van der Waals surface area contributed by atoms with Crippen LogP contribution in [0.3, 0.4) is 0 Å². The second-order valence-electron chi connectivity index (χ2n) is 13.0. The second kappa shape index (κ2) is 19.0. The van der Waals surface area contributed by atoms with Gasteiger partial charge in [0.2, 0.25) is 17.7 Å². The van der Waals surface area contributed by atoms with E-state index in [1.54, 1.807) is 49.3 Å². The number of hydrogen-bond donors (Lipinski definition) is 3. The van der Waals surface area contributed by atoms with Crippen molar-refractivity contribution in [3.8, 4) is 22.6 Å². The van der Waals surface area contributed by atoms with Crippen LogP contribution in [0.5, 0.6) is 11.5 Å². The number of β-amino-alcohol motifs (C(OH)–C–C–N with tert-alkyl or cyclic N) is 1. The molecule has 1 fully saturated rings. The number of amides is 3. The number of aliphatic hydroxyl groups excluding tert-OH is 1. The Morgan fingerprint density at radius 3 is 2.32 bits per heavy atom. The summed E-state index contributed by atoms with van der Waals surface area (Å²) in [5.41, 5.74) is 2.39. The molecule has 13 heteroatoms. The molecule has 3 heterocycles. The highest BCUT2D eigenvalue weighted by Crippen LogP contribution is 2.37. The van der Waals surface area contributed by atoms with Gasteiger partial charge in [-0.3, -0.25) is 29.1 Å². The molecule has 1 aliphatic heterocycles. The fourth-order valence-electron chi connectivity index (χ4n) is 6.33. The number of pyridine rings is 2. The molecule has 1 atom stereocenters. The number of aryl methyl sites for hydroxylation is 1. The molecule has 0 aliphatic carbocycles. The summed E-state index contributed by atoms with van der Waals surface area (Å²) in [6, 6.07) is 5.68. The molecule has 3 amide bonds. The van der Waals surface area contributed by atoms with Gasteiger partial charge in [-0.1, -0.05) is 32.1 Å². The van der Waals surface area contributed by atoms with Crippen molar-refractivity contribution in [1.82, 2.24) is 30.0 Å². The van der Waals surface area contributed by atoms with Crippen LogP contribution in [-0.2, 0) is 28.0 Å². The first-order valence-electron chi connectivity index (χ1n) is 17.5. The molecule has 3 N–H and O–H groups in total. The molecule has 0 unspecified atom stereocenters. The van der Waals surface area contributed by atoms with E-state index in [-0.39, 0.29) is 36.4 Å². The van der Waals surface area contributed by atoms with E-state index < -0.39 is 6.10 Å². The summed E-state index contributed by atoms with van der Waals surface area (Å²) in [7, 11) is 6.80. The maximum absolute atomic E-state index is 12.7. The minimum absolute atomic E-state index is 0.00707. The van der Waals surface area contributed by atoms with Gasteiger partial charge in [-0.2, -0.15) is 0 Å². The van der Waals surface area contributed by atoms with Crippen LogP contribution in [0, 0.1) is 0 Å². The summed E-state index contributed by atoms with van der Waals surface area (Å²) < 4.78 is 13.1. The summed E-state index contributed by atoms with van der Waals surface area (Å²) in [5, 5.41) is 16.6. The Hall–Kier alpha value is -4.49. The smallest absolute Gasteiger partial charge is 0.259 e. The molecule has 2 aromatic heterocycles. The SMILES string of the molecule is COc1cc(-c2cn(C)c(=O)c3cnccc23)cc(OC)c1CN(C)CC(=O)NCCCCCCCCCC(=O)NCC(=O)N1CC[C@H](O)C1. The fraction of sp³-hybridized carbons (Fsp3) is 0.541. The number of benzene rings is 1. The first kappa shape index (κ1) is 38.3. The number of ether oxygens (including phenoxy) is 2. The van der Waals surface area contributed by atoms with Crippen LogP contribution >= 0.6 is 0 Å². The van der Waals surface area contributed by atoms with Crippen molar-refractivity contribution in [2.24, 2.45) is 7.05 Å². The van der Waals surface area contributed by atoms with Crippen molar-refractivity contribution < 1.29 is 29.0 Å². The molecule has 13 nitrogen and oxygen atoms in total. The van der Waals surface area contributed by atoms with Crippen LogP contribution in [-0.4, -0.2) is 102 Å². The molecule has 4 rings (SSSR count). The van der Waals surface area contributed by atoms with Gasteiger partial charge in [-0.15, -0.1) is 0 Å². The summed E-state index contributed by atoms with van der Waals surface area (Å²) in [4.78, 5) is 57.1. The van der Waals surface area contributed by atoms with Crippen molar-refractivity contribution in [1.29, 1.82) is 0 Å². The highest BCUT2D eigenvalue weighted by atomic mass is 16.5. The molecular formula is C37H52N6O7. The van der Waals surface area contributed by atoms with Crippen molar-refractivity contribution >= 4 is 28.5 Å². The van der Waals surface area contributed by atoms with Gasteiger partial charge in [-0.05, 0) is 55.5 Å². The first-order chi connectivity index (χ1) is 24.1. The van der Waals surface area contributed by atoms with Crippen molar-refractivity contribution in [3.05, 3.63) is 52.7 Å². The molecule has 1 saturated heterocycles. The number of carbonyl (C=O) groups is 3. The first-order valence-corrected chi connectivity index (χ1v) is 17.5. The zero-order chi connectivity index (χ0) is 36.0. The second-order valence-corrected chi connectivity index (χ2v) is 13.0. The Balaban J connectivity index is 1.13. The number of rotatable bonds is 19. The van der Waals surface area contributed by atoms with Gasteiger partial charge < -0.3 is 34.7 Å². The molecule has 0 bridgehead atoms. The molecule has 0 radical (unpaired) electrons. The van der Waals surface area contributed by atoms with Crippen LogP contribution in [0.2, 0.25) is 0 Å². The molecule has 272 valence electrons. The topological polar surface area (TPSA) is 155 Å². The zero-order valence-corrected chi connectivity index (χ0v) is 29.8. The van der Waals surface area contributed by atoms with E-state index in [9.17, 15) is 24.3 Å². The van der Waals surface area contributed by atoms with Gasteiger partial charge in [-0.25, -0.2) is 0 Å². The Morgan fingerprint density at radius 2 is 1.66 bits per heavy atom. The minimum Gasteiger partial charge on any atom is -0.496 e. The molecule has 1 aromatic carbocycles. The number of methoxy groups -OCH3 is 2. The van der Waals surface area contributed by atoms with Crippen LogP contribution in [0.1, 0.15) is 63.4 Å². The highest BCUT2D eigenvalue weighted by molar-refractivity contribution is 5.95. The van der Waals surface area contributed by atoms with Gasteiger partial charge in [0.1, 0.15) is 11.5 Å². The van der Waals surface area contributed by atoms with Gasteiger partial charge in [0.15, 0.2) is 0 Å². The van der Waals surface area contributed by atoms with E-state index in [1.165, 1.54) is 0 Å². The number of likely N-dealkylation sites (tertiary alicyclic amines) is 1. The molecule has 1 aliphatic rings. The fourth-order valence-corrected chi connectivity index (χ4v) is 6.33. The lowest BCUT2D eigenvalue weighted by atomic mass is 9.99. The maximum Gasteiger partial charge on any atom is 0.259 e. The molecule has 3 aromatic rings. The Bertz CT molecular complexity index is 1650. The lowest BCUT2D eigenvalue weighted by molar-refractivity contribution is -0.132. The number of carbonyl (C=O) groups excluding carboxylic acids is 3. The maximum atomic E-state index is 12.7. The number of aromatic nitrogens is 2.